The Bertz CT molecular complexity index is 423. The first-order valence-corrected chi connectivity index (χ1v) is 6.16. The van der Waals surface area contributed by atoms with Crippen LogP contribution >= 0.6 is 0 Å². The molecule has 0 aromatic heterocycles. The van der Waals surface area contributed by atoms with E-state index in [9.17, 15) is 13.2 Å². The minimum Gasteiger partial charge on any atom is -0.406 e. The van der Waals surface area contributed by atoms with Gasteiger partial charge in [-0.05, 0) is 31.9 Å². The number of ether oxygens (including phenoxy) is 2. The highest BCUT2D eigenvalue weighted by Gasteiger charge is 2.31. The number of halogens is 3. The van der Waals surface area contributed by atoms with Crippen molar-refractivity contribution in [2.24, 2.45) is 0 Å². The molecule has 1 saturated heterocycles. The lowest BCUT2D eigenvalue weighted by Crippen LogP contribution is -2.32. The highest BCUT2D eigenvalue weighted by molar-refractivity contribution is 5.49. The van der Waals surface area contributed by atoms with Crippen LogP contribution in [0.4, 0.5) is 18.9 Å². The Morgan fingerprint density at radius 2 is 2.16 bits per heavy atom. The van der Waals surface area contributed by atoms with Crippen LogP contribution in [0.2, 0.25) is 0 Å². The molecule has 0 saturated carbocycles. The van der Waals surface area contributed by atoms with E-state index in [1.165, 1.54) is 18.2 Å². The Hall–Kier alpha value is -1.43. The third kappa shape index (κ3) is 4.63. The van der Waals surface area contributed by atoms with Crippen molar-refractivity contribution in [3.05, 3.63) is 24.3 Å². The molecule has 1 aromatic carbocycles. The van der Waals surface area contributed by atoms with Crippen LogP contribution in [0.1, 0.15) is 19.8 Å². The van der Waals surface area contributed by atoms with Crippen molar-refractivity contribution in [1.29, 1.82) is 0 Å². The molecular weight excluding hydrogens is 259 g/mol. The average molecular weight is 275 g/mol. The Balaban J connectivity index is 1.98. The van der Waals surface area contributed by atoms with E-state index in [1.54, 1.807) is 6.07 Å². The first kappa shape index (κ1) is 14.0. The van der Waals surface area contributed by atoms with Gasteiger partial charge in [0.25, 0.3) is 0 Å². The van der Waals surface area contributed by atoms with Crippen LogP contribution in [0.5, 0.6) is 5.75 Å². The van der Waals surface area contributed by atoms with Crippen molar-refractivity contribution in [2.75, 3.05) is 11.9 Å². The summed E-state index contributed by atoms with van der Waals surface area (Å²) in [4.78, 5) is 0. The van der Waals surface area contributed by atoms with Crippen molar-refractivity contribution >= 4 is 5.69 Å². The summed E-state index contributed by atoms with van der Waals surface area (Å²) in [5, 5.41) is 3.21. The lowest BCUT2D eigenvalue weighted by molar-refractivity contribution is -0.274. The Morgan fingerprint density at radius 3 is 2.84 bits per heavy atom. The fraction of sp³-hybridized carbons (Fsp3) is 0.538. The summed E-state index contributed by atoms with van der Waals surface area (Å²) in [5.74, 6) is -0.211. The van der Waals surface area contributed by atoms with Crippen molar-refractivity contribution in [3.8, 4) is 5.75 Å². The van der Waals surface area contributed by atoms with Crippen LogP contribution in [0.25, 0.3) is 0 Å². The maximum atomic E-state index is 12.1. The van der Waals surface area contributed by atoms with E-state index >= 15 is 0 Å². The molecule has 0 radical (unpaired) electrons. The number of nitrogens with one attached hydrogen (secondary N) is 1. The van der Waals surface area contributed by atoms with Gasteiger partial charge in [-0.25, -0.2) is 0 Å². The zero-order valence-electron chi connectivity index (χ0n) is 10.5. The zero-order chi connectivity index (χ0) is 13.9. The highest BCUT2D eigenvalue weighted by Crippen LogP contribution is 2.26. The van der Waals surface area contributed by atoms with E-state index in [1.807, 2.05) is 6.92 Å². The molecule has 1 aliphatic rings. The van der Waals surface area contributed by atoms with E-state index in [0.717, 1.165) is 12.8 Å². The molecule has 0 aliphatic carbocycles. The molecule has 6 heteroatoms. The third-order valence-electron chi connectivity index (χ3n) is 2.92. The van der Waals surface area contributed by atoms with E-state index in [-0.39, 0.29) is 17.9 Å². The van der Waals surface area contributed by atoms with Crippen LogP contribution in [-0.2, 0) is 4.74 Å². The fourth-order valence-electron chi connectivity index (χ4n) is 2.15. The van der Waals surface area contributed by atoms with Gasteiger partial charge in [0.15, 0.2) is 0 Å². The number of hydrogen-bond acceptors (Lipinski definition) is 3. The van der Waals surface area contributed by atoms with E-state index < -0.39 is 6.36 Å². The number of hydrogen-bond donors (Lipinski definition) is 1. The lowest BCUT2D eigenvalue weighted by atomic mass is 10.0. The van der Waals surface area contributed by atoms with Crippen LogP contribution < -0.4 is 10.1 Å². The number of anilines is 1. The zero-order valence-corrected chi connectivity index (χ0v) is 10.5. The fourth-order valence-corrected chi connectivity index (χ4v) is 2.15. The maximum absolute atomic E-state index is 12.1. The van der Waals surface area contributed by atoms with E-state index in [0.29, 0.717) is 12.3 Å². The molecule has 106 valence electrons. The SMILES string of the molecule is CC1CC(Nc2cccc(OC(F)(F)F)c2)CCO1. The van der Waals surface area contributed by atoms with Crippen LogP contribution in [0, 0.1) is 0 Å². The van der Waals surface area contributed by atoms with Gasteiger partial charge < -0.3 is 14.8 Å². The molecule has 2 atom stereocenters. The number of rotatable bonds is 3. The van der Waals surface area contributed by atoms with Crippen molar-refractivity contribution in [3.63, 3.8) is 0 Å². The van der Waals surface area contributed by atoms with Gasteiger partial charge in [-0.2, -0.15) is 0 Å². The van der Waals surface area contributed by atoms with E-state index in [2.05, 4.69) is 10.1 Å². The lowest BCUT2D eigenvalue weighted by Gasteiger charge is -2.28. The third-order valence-corrected chi connectivity index (χ3v) is 2.92. The smallest absolute Gasteiger partial charge is 0.406 e. The number of benzene rings is 1. The monoisotopic (exact) mass is 275 g/mol. The summed E-state index contributed by atoms with van der Waals surface area (Å²) in [6.07, 6.45) is -2.81. The summed E-state index contributed by atoms with van der Waals surface area (Å²) in [5.41, 5.74) is 0.626. The van der Waals surface area contributed by atoms with Gasteiger partial charge >= 0.3 is 6.36 Å². The Morgan fingerprint density at radius 1 is 1.37 bits per heavy atom. The second-order valence-corrected chi connectivity index (χ2v) is 4.62. The minimum absolute atomic E-state index is 0.167. The van der Waals surface area contributed by atoms with Crippen LogP contribution in [0.15, 0.2) is 24.3 Å². The summed E-state index contributed by atoms with van der Waals surface area (Å²) < 4.78 is 45.7. The predicted octanol–water partition coefficient (Wildman–Crippen LogP) is 3.56. The normalized spacial score (nSPS) is 24.0. The summed E-state index contributed by atoms with van der Waals surface area (Å²) in [7, 11) is 0. The molecule has 2 rings (SSSR count). The van der Waals surface area contributed by atoms with Crippen LogP contribution in [0.3, 0.4) is 0 Å². The van der Waals surface area contributed by atoms with Crippen molar-refractivity contribution < 1.29 is 22.6 Å². The first-order chi connectivity index (χ1) is 8.92. The Kier molecular flexibility index (Phi) is 4.19. The molecule has 0 amide bonds. The Labute approximate surface area is 109 Å². The minimum atomic E-state index is -4.66. The molecule has 0 spiro atoms. The van der Waals surface area contributed by atoms with E-state index in [4.69, 9.17) is 4.74 Å². The molecule has 2 unspecified atom stereocenters. The van der Waals surface area contributed by atoms with Gasteiger partial charge in [-0.1, -0.05) is 6.07 Å². The molecule has 3 nitrogen and oxygen atoms in total. The summed E-state index contributed by atoms with van der Waals surface area (Å²) >= 11 is 0. The average Bonchev–Trinajstić information content (AvgIpc) is 2.27. The van der Waals surface area contributed by atoms with Gasteiger partial charge in [0, 0.05) is 24.4 Å². The highest BCUT2D eigenvalue weighted by atomic mass is 19.4. The van der Waals surface area contributed by atoms with Gasteiger partial charge in [-0.3, -0.25) is 0 Å². The molecule has 0 bridgehead atoms. The summed E-state index contributed by atoms with van der Waals surface area (Å²) in [6.45, 7) is 2.65. The largest absolute Gasteiger partial charge is 0.573 e. The molecule has 1 aromatic rings. The summed E-state index contributed by atoms with van der Waals surface area (Å²) in [6, 6.07) is 6.11. The van der Waals surface area contributed by atoms with Crippen LogP contribution in [-0.4, -0.2) is 25.1 Å². The molecule has 1 fully saturated rings. The topological polar surface area (TPSA) is 30.5 Å². The molecular formula is C13H16F3NO2. The van der Waals surface area contributed by atoms with Crippen molar-refractivity contribution in [1.82, 2.24) is 0 Å². The van der Waals surface area contributed by atoms with Gasteiger partial charge in [0.1, 0.15) is 5.75 Å². The van der Waals surface area contributed by atoms with Gasteiger partial charge in [-0.15, -0.1) is 13.2 Å². The quantitative estimate of drug-likeness (QED) is 0.914. The predicted molar refractivity (Wildman–Crippen MR) is 65.2 cm³/mol. The molecule has 1 N–H and O–H groups in total. The molecule has 19 heavy (non-hydrogen) atoms. The standard InChI is InChI=1S/C13H16F3NO2/c1-9-7-11(5-6-18-9)17-10-3-2-4-12(8-10)19-13(14,15)16/h2-4,8-9,11,17H,5-7H2,1H3. The second kappa shape index (κ2) is 5.69. The van der Waals surface area contributed by atoms with Gasteiger partial charge in [0.2, 0.25) is 0 Å². The molecule has 1 heterocycles. The second-order valence-electron chi connectivity index (χ2n) is 4.62. The first-order valence-electron chi connectivity index (χ1n) is 6.16. The molecule has 1 aliphatic heterocycles. The van der Waals surface area contributed by atoms with Gasteiger partial charge in [0.05, 0.1) is 6.10 Å². The number of alkyl halides is 3. The van der Waals surface area contributed by atoms with Crippen molar-refractivity contribution in [2.45, 2.75) is 38.3 Å². The maximum Gasteiger partial charge on any atom is 0.573 e.